The van der Waals surface area contributed by atoms with Gasteiger partial charge in [-0.3, -0.25) is 0 Å². The van der Waals surface area contributed by atoms with E-state index >= 15 is 0 Å². The molecule has 3 N–H and O–H groups in total. The maximum atomic E-state index is 13.6. The number of nitrogens with zero attached hydrogens (tertiary/aromatic N) is 1. The number of nitrogens with one attached hydrogen (secondary N) is 1. The number of aliphatic hydroxyl groups is 2. The SMILES string of the molecule is CNC(=O)OC(CC(C)C)c1nc(C2OC(=O)C(C)=CCC(C)=CC(O)C(C)C=C(C)C=C(C)C=CC(O)C(C)C(OC)C(C)=CC=CC2C)cs1. The fourth-order valence-electron chi connectivity index (χ4n) is 5.92. The quantitative estimate of drug-likeness (QED) is 0.195. The summed E-state index contributed by atoms with van der Waals surface area (Å²) in [5.74, 6) is -0.903. The number of alkyl carbamates (subject to hydrolysis) is 1. The molecule has 2 heterocycles. The maximum Gasteiger partial charge on any atom is 0.407 e. The summed E-state index contributed by atoms with van der Waals surface area (Å²) in [7, 11) is 3.15. The molecule has 1 aromatic rings. The molecule has 1 amide bonds. The number of hydrogen-bond acceptors (Lipinski definition) is 9. The molecule has 9 nitrogen and oxygen atoms in total. The summed E-state index contributed by atoms with van der Waals surface area (Å²) in [6.45, 7) is 19.6. The third-order valence-electron chi connectivity index (χ3n) is 9.03. The van der Waals surface area contributed by atoms with Crippen molar-refractivity contribution in [1.29, 1.82) is 0 Å². The monoisotopic (exact) mass is 738 g/mol. The van der Waals surface area contributed by atoms with Crippen LogP contribution in [0.2, 0.25) is 0 Å². The van der Waals surface area contributed by atoms with Crippen molar-refractivity contribution in [2.24, 2.45) is 23.7 Å². The van der Waals surface area contributed by atoms with Crippen LogP contribution in [0, 0.1) is 23.7 Å². The van der Waals surface area contributed by atoms with Crippen molar-refractivity contribution in [3.8, 4) is 0 Å². The first-order valence-corrected chi connectivity index (χ1v) is 19.0. The number of hydrogen-bond donors (Lipinski definition) is 3. The second-order valence-electron chi connectivity index (χ2n) is 14.5. The van der Waals surface area contributed by atoms with E-state index in [0.29, 0.717) is 29.1 Å². The Morgan fingerprint density at radius 1 is 1.04 bits per heavy atom. The zero-order valence-electron chi connectivity index (χ0n) is 33.2. The fraction of sp³-hybridized carbons (Fsp3) is 0.548. The summed E-state index contributed by atoms with van der Waals surface area (Å²) < 4.78 is 17.7. The van der Waals surface area contributed by atoms with Crippen LogP contribution in [0.25, 0.3) is 0 Å². The molecule has 0 aromatic carbocycles. The molecule has 1 aliphatic rings. The Labute approximate surface area is 315 Å². The van der Waals surface area contributed by atoms with Gasteiger partial charge in [-0.05, 0) is 59.0 Å². The Hall–Kier alpha value is -3.57. The van der Waals surface area contributed by atoms with Crippen molar-refractivity contribution in [2.45, 2.75) is 113 Å². The lowest BCUT2D eigenvalue weighted by Gasteiger charge is -2.26. The number of carbonyl (C=O) groups excluding carboxylic acids is 2. The fourth-order valence-corrected chi connectivity index (χ4v) is 6.80. The second-order valence-corrected chi connectivity index (χ2v) is 15.4. The summed E-state index contributed by atoms with van der Waals surface area (Å²) in [6, 6.07) is 0. The molecule has 8 unspecified atom stereocenters. The van der Waals surface area contributed by atoms with Gasteiger partial charge in [-0.25, -0.2) is 14.6 Å². The number of ether oxygens (including phenoxy) is 3. The van der Waals surface area contributed by atoms with Crippen molar-refractivity contribution >= 4 is 23.4 Å². The van der Waals surface area contributed by atoms with Gasteiger partial charge in [0.1, 0.15) is 5.01 Å². The highest BCUT2D eigenvalue weighted by molar-refractivity contribution is 7.09. The summed E-state index contributed by atoms with van der Waals surface area (Å²) in [6.07, 6.45) is 14.6. The molecule has 0 saturated heterocycles. The lowest BCUT2D eigenvalue weighted by Crippen LogP contribution is -2.30. The molecule has 10 heteroatoms. The Kier molecular flexibility index (Phi) is 18.7. The van der Waals surface area contributed by atoms with Gasteiger partial charge in [0, 0.05) is 42.9 Å². The lowest BCUT2D eigenvalue weighted by atomic mass is 9.91. The van der Waals surface area contributed by atoms with Gasteiger partial charge < -0.3 is 29.7 Å². The molecule has 0 aliphatic carbocycles. The minimum atomic E-state index is -0.755. The number of esters is 1. The molecule has 2 rings (SSSR count). The lowest BCUT2D eigenvalue weighted by molar-refractivity contribution is -0.146. The predicted molar refractivity (Wildman–Crippen MR) is 211 cm³/mol. The van der Waals surface area contributed by atoms with Gasteiger partial charge in [0.05, 0.1) is 24.0 Å². The number of cyclic esters (lactones) is 1. The van der Waals surface area contributed by atoms with E-state index in [-0.39, 0.29) is 29.8 Å². The van der Waals surface area contributed by atoms with Crippen molar-refractivity contribution in [1.82, 2.24) is 10.3 Å². The van der Waals surface area contributed by atoms with E-state index in [0.717, 1.165) is 22.3 Å². The van der Waals surface area contributed by atoms with Crippen LogP contribution in [0.15, 0.2) is 87.9 Å². The average Bonchev–Trinajstić information content (AvgIpc) is 3.57. The molecule has 0 spiro atoms. The Morgan fingerprint density at radius 2 is 1.73 bits per heavy atom. The Balaban J connectivity index is 2.60. The average molecular weight is 739 g/mol. The van der Waals surface area contributed by atoms with Gasteiger partial charge in [-0.1, -0.05) is 106 Å². The van der Waals surface area contributed by atoms with E-state index in [1.54, 1.807) is 20.1 Å². The molecule has 0 radical (unpaired) electrons. The molecule has 0 saturated carbocycles. The van der Waals surface area contributed by atoms with Crippen molar-refractivity contribution in [3.63, 3.8) is 0 Å². The van der Waals surface area contributed by atoms with E-state index in [9.17, 15) is 19.8 Å². The Bertz CT molecular complexity index is 1550. The number of aliphatic hydroxyl groups excluding tert-OH is 2. The van der Waals surface area contributed by atoms with Crippen LogP contribution in [0.5, 0.6) is 0 Å². The van der Waals surface area contributed by atoms with Crippen molar-refractivity contribution in [3.05, 3.63) is 98.6 Å². The van der Waals surface area contributed by atoms with Gasteiger partial charge in [0.15, 0.2) is 12.2 Å². The van der Waals surface area contributed by atoms with Crippen LogP contribution >= 0.6 is 11.3 Å². The van der Waals surface area contributed by atoms with Gasteiger partial charge in [0.2, 0.25) is 0 Å². The molecular weight excluding hydrogens is 677 g/mol. The van der Waals surface area contributed by atoms with Gasteiger partial charge in [0.25, 0.3) is 0 Å². The smallest absolute Gasteiger partial charge is 0.407 e. The van der Waals surface area contributed by atoms with E-state index in [1.807, 2.05) is 102 Å². The molecular formula is C42H62N2O7S. The van der Waals surface area contributed by atoms with Crippen LogP contribution in [0.4, 0.5) is 4.79 Å². The zero-order valence-corrected chi connectivity index (χ0v) is 34.0. The molecule has 1 aromatic heterocycles. The first kappa shape index (κ1) is 44.6. The zero-order chi connectivity index (χ0) is 39.1. The third kappa shape index (κ3) is 14.5. The minimum Gasteiger partial charge on any atom is -0.452 e. The van der Waals surface area contributed by atoms with Gasteiger partial charge >= 0.3 is 12.1 Å². The number of thiazole rings is 1. The summed E-state index contributed by atoms with van der Waals surface area (Å²) in [4.78, 5) is 30.6. The third-order valence-corrected chi connectivity index (χ3v) is 9.99. The number of rotatable bonds is 6. The summed E-state index contributed by atoms with van der Waals surface area (Å²) >= 11 is 1.37. The van der Waals surface area contributed by atoms with Crippen LogP contribution in [0.1, 0.15) is 105 Å². The minimum absolute atomic E-state index is 0.147. The van der Waals surface area contributed by atoms with Crippen molar-refractivity contribution in [2.75, 3.05) is 14.2 Å². The molecule has 288 valence electrons. The second kappa shape index (κ2) is 21.8. The van der Waals surface area contributed by atoms with E-state index in [1.165, 1.54) is 18.4 Å². The van der Waals surface area contributed by atoms with Gasteiger partial charge in [-0.15, -0.1) is 11.3 Å². The van der Waals surface area contributed by atoms with E-state index in [4.69, 9.17) is 19.2 Å². The van der Waals surface area contributed by atoms with E-state index < -0.39 is 36.5 Å². The number of allylic oxidation sites excluding steroid dienone is 8. The topological polar surface area (TPSA) is 127 Å². The van der Waals surface area contributed by atoms with Crippen LogP contribution < -0.4 is 5.32 Å². The molecule has 1 aliphatic heterocycles. The van der Waals surface area contributed by atoms with Crippen LogP contribution in [-0.4, -0.2) is 59.7 Å². The largest absolute Gasteiger partial charge is 0.452 e. The summed E-state index contributed by atoms with van der Waals surface area (Å²) in [5, 5.41) is 27.0. The van der Waals surface area contributed by atoms with Gasteiger partial charge in [-0.2, -0.15) is 0 Å². The highest BCUT2D eigenvalue weighted by Gasteiger charge is 2.29. The molecule has 0 fully saturated rings. The highest BCUT2D eigenvalue weighted by Crippen LogP contribution is 2.34. The Morgan fingerprint density at radius 3 is 2.37 bits per heavy atom. The normalized spacial score (nSPS) is 26.9. The maximum absolute atomic E-state index is 13.6. The molecule has 8 atom stereocenters. The first-order chi connectivity index (χ1) is 24.5. The highest BCUT2D eigenvalue weighted by atomic mass is 32.1. The number of carbonyl (C=O) groups is 2. The first-order valence-electron chi connectivity index (χ1n) is 18.1. The van der Waals surface area contributed by atoms with E-state index in [2.05, 4.69) is 19.2 Å². The predicted octanol–water partition coefficient (Wildman–Crippen LogP) is 9.06. The van der Waals surface area contributed by atoms with Crippen LogP contribution in [-0.2, 0) is 19.0 Å². The number of methoxy groups -OCH3 is 1. The summed E-state index contributed by atoms with van der Waals surface area (Å²) in [5.41, 5.74) is 4.83. The molecule has 52 heavy (non-hydrogen) atoms. The van der Waals surface area contributed by atoms with Crippen molar-refractivity contribution < 1.29 is 34.0 Å². The standard InChI is InChI=1S/C42H62N2O7S/c1-25(2)20-37(50-42(48)43-11)40-44-34(24-52-40)39-30(7)15-13-14-29(6)38(49-12)33(10)35(45)19-17-26(3)21-28(5)22-32(9)36(46)23-27(4)16-18-31(8)41(47)51-39/h13-15,17-19,21-25,30,32-33,35-39,45-46H,16,20H2,1-12H3,(H,43,48). The molecule has 0 bridgehead atoms. The number of amides is 1. The van der Waals surface area contributed by atoms with Crippen LogP contribution in [0.3, 0.4) is 0 Å². The number of aromatic nitrogens is 1.